The Hall–Kier alpha value is -4.43. The predicted molar refractivity (Wildman–Crippen MR) is 143 cm³/mol. The van der Waals surface area contributed by atoms with Crippen molar-refractivity contribution < 1.29 is 9.59 Å². The monoisotopic (exact) mass is 480 g/mol. The van der Waals surface area contributed by atoms with Gasteiger partial charge in [0.2, 0.25) is 0 Å². The lowest BCUT2D eigenvalue weighted by atomic mass is 10.1. The lowest BCUT2D eigenvalue weighted by Crippen LogP contribution is -2.44. The molecule has 1 aromatic heterocycles. The highest BCUT2D eigenvalue weighted by Crippen LogP contribution is 2.23. The molecule has 1 aliphatic heterocycles. The summed E-state index contributed by atoms with van der Waals surface area (Å²) in [6, 6.07) is 26.0. The van der Waals surface area contributed by atoms with Gasteiger partial charge < -0.3 is 20.4 Å². The molecule has 8 nitrogen and oxygen atoms in total. The molecule has 2 amide bonds. The van der Waals surface area contributed by atoms with Gasteiger partial charge in [-0.15, -0.1) is 0 Å². The van der Waals surface area contributed by atoms with E-state index in [-0.39, 0.29) is 11.8 Å². The molecule has 1 saturated heterocycles. The van der Waals surface area contributed by atoms with Gasteiger partial charge in [0, 0.05) is 54.7 Å². The molecule has 3 N–H and O–H groups in total. The fourth-order valence-electron chi connectivity index (χ4n) is 4.14. The Morgan fingerprint density at radius 2 is 1.42 bits per heavy atom. The van der Waals surface area contributed by atoms with Crippen LogP contribution in [0.4, 0.5) is 17.2 Å². The SMILES string of the molecule is CN1CCN(c2ccc(C(=O)Nc3cc(-c4ccc(NC(=O)c5ccccc5)cc4)[nH]n3)cc2)CC1. The molecule has 0 aliphatic carbocycles. The molecule has 1 aliphatic rings. The van der Waals surface area contributed by atoms with Crippen molar-refractivity contribution in [1.82, 2.24) is 15.1 Å². The highest BCUT2D eigenvalue weighted by Gasteiger charge is 2.15. The Bertz CT molecular complexity index is 1320. The van der Waals surface area contributed by atoms with Crippen LogP contribution in [0.25, 0.3) is 11.3 Å². The third kappa shape index (κ3) is 5.45. The van der Waals surface area contributed by atoms with E-state index >= 15 is 0 Å². The molecule has 0 atom stereocenters. The number of rotatable bonds is 6. The van der Waals surface area contributed by atoms with Gasteiger partial charge in [-0.05, 0) is 61.1 Å². The first-order valence-electron chi connectivity index (χ1n) is 11.9. The van der Waals surface area contributed by atoms with Crippen molar-refractivity contribution in [2.75, 3.05) is 48.8 Å². The van der Waals surface area contributed by atoms with Crippen LogP contribution in [0.1, 0.15) is 20.7 Å². The molecular weight excluding hydrogens is 452 g/mol. The van der Waals surface area contributed by atoms with Crippen molar-refractivity contribution in [3.05, 3.63) is 96.1 Å². The summed E-state index contributed by atoms with van der Waals surface area (Å²) in [6.45, 7) is 4.04. The third-order valence-electron chi connectivity index (χ3n) is 6.31. The van der Waals surface area contributed by atoms with Crippen molar-refractivity contribution in [2.24, 2.45) is 0 Å². The van der Waals surface area contributed by atoms with Crippen LogP contribution in [-0.4, -0.2) is 60.1 Å². The normalized spacial score (nSPS) is 13.9. The maximum atomic E-state index is 12.7. The zero-order chi connectivity index (χ0) is 24.9. The van der Waals surface area contributed by atoms with Gasteiger partial charge in [0.15, 0.2) is 5.82 Å². The first-order chi connectivity index (χ1) is 17.5. The molecule has 0 radical (unpaired) electrons. The lowest BCUT2D eigenvalue weighted by molar-refractivity contribution is 0.101. The van der Waals surface area contributed by atoms with E-state index in [1.54, 1.807) is 18.2 Å². The van der Waals surface area contributed by atoms with Crippen LogP contribution >= 0.6 is 0 Å². The molecule has 8 heteroatoms. The fourth-order valence-corrected chi connectivity index (χ4v) is 4.14. The Kier molecular flexibility index (Phi) is 6.77. The summed E-state index contributed by atoms with van der Waals surface area (Å²) in [5.41, 5.74) is 4.65. The number of benzene rings is 3. The van der Waals surface area contributed by atoms with Gasteiger partial charge >= 0.3 is 0 Å². The third-order valence-corrected chi connectivity index (χ3v) is 6.31. The molecule has 0 unspecified atom stereocenters. The molecule has 0 spiro atoms. The van der Waals surface area contributed by atoms with Crippen LogP contribution in [0.15, 0.2) is 84.9 Å². The molecule has 4 aromatic rings. The summed E-state index contributed by atoms with van der Waals surface area (Å²) in [4.78, 5) is 29.7. The summed E-state index contributed by atoms with van der Waals surface area (Å²) in [5, 5.41) is 12.9. The standard InChI is InChI=1S/C28H28N6O2/c1-33-15-17-34(18-16-33)24-13-9-22(10-14-24)28(36)30-26-19-25(31-32-26)20-7-11-23(12-8-20)29-27(35)21-5-3-2-4-6-21/h2-14,19H,15-18H2,1H3,(H,29,35)(H2,30,31,32,36). The smallest absolute Gasteiger partial charge is 0.256 e. The van der Waals surface area contributed by atoms with Crippen LogP contribution in [0.2, 0.25) is 0 Å². The minimum absolute atomic E-state index is 0.161. The predicted octanol–water partition coefficient (Wildman–Crippen LogP) is 4.33. The molecular formula is C28H28N6O2. The zero-order valence-electron chi connectivity index (χ0n) is 20.1. The zero-order valence-corrected chi connectivity index (χ0v) is 20.1. The summed E-state index contributed by atoms with van der Waals surface area (Å²) in [6.07, 6.45) is 0. The van der Waals surface area contributed by atoms with Gasteiger partial charge in [-0.3, -0.25) is 14.7 Å². The number of nitrogens with zero attached hydrogens (tertiary/aromatic N) is 3. The van der Waals surface area contributed by atoms with E-state index in [0.29, 0.717) is 22.6 Å². The van der Waals surface area contributed by atoms with Crippen molar-refractivity contribution in [2.45, 2.75) is 0 Å². The second-order valence-electron chi connectivity index (χ2n) is 8.86. The molecule has 182 valence electrons. The van der Waals surface area contributed by atoms with E-state index in [9.17, 15) is 9.59 Å². The van der Waals surface area contributed by atoms with E-state index in [2.05, 4.69) is 37.7 Å². The van der Waals surface area contributed by atoms with Crippen LogP contribution in [0.3, 0.4) is 0 Å². The lowest BCUT2D eigenvalue weighted by Gasteiger charge is -2.34. The Morgan fingerprint density at radius 1 is 0.778 bits per heavy atom. The Labute approximate surface area is 209 Å². The molecule has 1 fully saturated rings. The minimum Gasteiger partial charge on any atom is -0.369 e. The van der Waals surface area contributed by atoms with Gasteiger partial charge in [0.1, 0.15) is 0 Å². The fraction of sp³-hybridized carbons (Fsp3) is 0.179. The van der Waals surface area contributed by atoms with Gasteiger partial charge in [0.25, 0.3) is 11.8 Å². The number of carbonyl (C=O) groups is 2. The van der Waals surface area contributed by atoms with E-state index in [0.717, 1.165) is 43.1 Å². The van der Waals surface area contributed by atoms with E-state index in [4.69, 9.17) is 0 Å². The van der Waals surface area contributed by atoms with E-state index < -0.39 is 0 Å². The number of hydrogen-bond donors (Lipinski definition) is 3. The highest BCUT2D eigenvalue weighted by atomic mass is 16.2. The maximum Gasteiger partial charge on any atom is 0.256 e. The number of amides is 2. The molecule has 0 saturated carbocycles. The molecule has 0 bridgehead atoms. The molecule has 5 rings (SSSR count). The Balaban J connectivity index is 1.18. The highest BCUT2D eigenvalue weighted by molar-refractivity contribution is 6.05. The van der Waals surface area contributed by atoms with Crippen LogP contribution in [0.5, 0.6) is 0 Å². The number of nitrogens with one attached hydrogen (secondary N) is 3. The number of anilines is 3. The van der Waals surface area contributed by atoms with Crippen molar-refractivity contribution in [1.29, 1.82) is 0 Å². The minimum atomic E-state index is -0.211. The summed E-state index contributed by atoms with van der Waals surface area (Å²) in [5.74, 6) is 0.0722. The van der Waals surface area contributed by atoms with Crippen LogP contribution < -0.4 is 15.5 Å². The quantitative estimate of drug-likeness (QED) is 0.382. The average Bonchev–Trinajstić information content (AvgIpc) is 3.38. The molecule has 3 aromatic carbocycles. The van der Waals surface area contributed by atoms with Crippen molar-refractivity contribution >= 4 is 29.0 Å². The summed E-state index contributed by atoms with van der Waals surface area (Å²) >= 11 is 0. The average molecular weight is 481 g/mol. The number of aromatic nitrogens is 2. The number of piperazine rings is 1. The first-order valence-corrected chi connectivity index (χ1v) is 11.9. The first kappa shape index (κ1) is 23.3. The van der Waals surface area contributed by atoms with Gasteiger partial charge in [-0.2, -0.15) is 5.10 Å². The topological polar surface area (TPSA) is 93.4 Å². The number of carbonyl (C=O) groups excluding carboxylic acids is 2. The molecule has 2 heterocycles. The maximum absolute atomic E-state index is 12.7. The van der Waals surface area contributed by atoms with Gasteiger partial charge in [-0.1, -0.05) is 30.3 Å². The summed E-state index contributed by atoms with van der Waals surface area (Å²) < 4.78 is 0. The van der Waals surface area contributed by atoms with Crippen LogP contribution in [0, 0.1) is 0 Å². The second-order valence-corrected chi connectivity index (χ2v) is 8.86. The number of H-pyrrole nitrogens is 1. The number of hydrogen-bond acceptors (Lipinski definition) is 5. The van der Waals surface area contributed by atoms with E-state index in [1.165, 1.54) is 0 Å². The Morgan fingerprint density at radius 3 is 2.11 bits per heavy atom. The summed E-state index contributed by atoms with van der Waals surface area (Å²) in [7, 11) is 2.13. The van der Waals surface area contributed by atoms with Crippen molar-refractivity contribution in [3.8, 4) is 11.3 Å². The number of aromatic amines is 1. The largest absolute Gasteiger partial charge is 0.369 e. The van der Waals surface area contributed by atoms with Gasteiger partial charge in [0.05, 0.1) is 5.69 Å². The van der Waals surface area contributed by atoms with E-state index in [1.807, 2.05) is 66.7 Å². The van der Waals surface area contributed by atoms with Gasteiger partial charge in [-0.25, -0.2) is 0 Å². The van der Waals surface area contributed by atoms with Crippen LogP contribution in [-0.2, 0) is 0 Å². The second kappa shape index (κ2) is 10.5. The molecule has 36 heavy (non-hydrogen) atoms. The number of likely N-dealkylation sites (N-methyl/N-ethyl adjacent to an activating group) is 1. The van der Waals surface area contributed by atoms with Crippen molar-refractivity contribution in [3.63, 3.8) is 0 Å².